The zero-order valence-electron chi connectivity index (χ0n) is 7.11. The molecule has 0 aliphatic carbocycles. The van der Waals surface area contributed by atoms with Gasteiger partial charge in [-0.1, -0.05) is 0 Å². The van der Waals surface area contributed by atoms with Crippen molar-refractivity contribution in [2.24, 2.45) is 0 Å². The van der Waals surface area contributed by atoms with Gasteiger partial charge in [-0.3, -0.25) is 4.79 Å². The van der Waals surface area contributed by atoms with Crippen LogP contribution in [0.2, 0.25) is 0 Å². The van der Waals surface area contributed by atoms with E-state index in [9.17, 15) is 15.0 Å². The molecule has 0 aliphatic rings. The Kier molecular flexibility index (Phi) is 2.41. The second-order valence-corrected chi connectivity index (χ2v) is 2.84. The van der Waals surface area contributed by atoms with Crippen molar-refractivity contribution in [2.75, 3.05) is 0 Å². The van der Waals surface area contributed by atoms with Crippen LogP contribution in [-0.4, -0.2) is 21.3 Å². The van der Waals surface area contributed by atoms with Crippen LogP contribution in [0.4, 0.5) is 0 Å². The molecule has 0 radical (unpaired) electrons. The molecule has 1 aromatic rings. The number of aliphatic carboxylic acids is 1. The van der Waals surface area contributed by atoms with E-state index in [4.69, 9.17) is 5.11 Å². The van der Waals surface area contributed by atoms with Crippen LogP contribution in [0.3, 0.4) is 0 Å². The average molecular weight is 182 g/mol. The van der Waals surface area contributed by atoms with Crippen LogP contribution in [0.25, 0.3) is 0 Å². The van der Waals surface area contributed by atoms with E-state index in [1.807, 2.05) is 0 Å². The molecular formula is C9H10O4. The Balaban J connectivity index is 3.08. The number of carboxylic acid groups (broad SMARTS) is 1. The zero-order valence-corrected chi connectivity index (χ0v) is 7.11. The number of aromatic hydroxyl groups is 2. The predicted octanol–water partition coefficient (Wildman–Crippen LogP) is 1.03. The molecular weight excluding hydrogens is 172 g/mol. The summed E-state index contributed by atoms with van der Waals surface area (Å²) in [6, 6.07) is 2.60. The van der Waals surface area contributed by atoms with Gasteiger partial charge in [0.15, 0.2) is 0 Å². The molecule has 0 aliphatic heterocycles. The first-order valence-corrected chi connectivity index (χ1v) is 3.74. The third-order valence-electron chi connectivity index (χ3n) is 1.74. The molecule has 4 nitrogen and oxygen atoms in total. The Hall–Kier alpha value is -1.71. The van der Waals surface area contributed by atoms with Gasteiger partial charge in [-0.15, -0.1) is 0 Å². The minimum Gasteiger partial charge on any atom is -0.508 e. The van der Waals surface area contributed by atoms with Crippen molar-refractivity contribution in [3.63, 3.8) is 0 Å². The number of aryl methyl sites for hydroxylation is 1. The smallest absolute Gasteiger partial charge is 0.307 e. The molecule has 0 spiro atoms. The first-order valence-electron chi connectivity index (χ1n) is 3.74. The average Bonchev–Trinajstić information content (AvgIpc) is 1.99. The molecule has 4 heteroatoms. The molecule has 13 heavy (non-hydrogen) atoms. The number of benzene rings is 1. The van der Waals surface area contributed by atoms with E-state index < -0.39 is 5.97 Å². The fraction of sp³-hybridized carbons (Fsp3) is 0.222. The van der Waals surface area contributed by atoms with Crippen molar-refractivity contribution in [3.8, 4) is 11.5 Å². The minimum absolute atomic E-state index is 0.00551. The summed E-state index contributed by atoms with van der Waals surface area (Å²) in [4.78, 5) is 10.3. The number of rotatable bonds is 2. The molecule has 0 bridgehead atoms. The maximum Gasteiger partial charge on any atom is 0.307 e. The van der Waals surface area contributed by atoms with E-state index in [0.29, 0.717) is 5.56 Å². The van der Waals surface area contributed by atoms with E-state index in [2.05, 4.69) is 0 Å². The summed E-state index contributed by atoms with van der Waals surface area (Å²) in [5.41, 5.74) is 0.738. The molecule has 0 heterocycles. The Morgan fingerprint density at radius 2 is 1.92 bits per heavy atom. The summed E-state index contributed by atoms with van der Waals surface area (Å²) in [7, 11) is 0. The van der Waals surface area contributed by atoms with Crippen molar-refractivity contribution < 1.29 is 20.1 Å². The lowest BCUT2D eigenvalue weighted by atomic mass is 10.1. The number of hydrogen-bond donors (Lipinski definition) is 3. The topological polar surface area (TPSA) is 77.8 Å². The van der Waals surface area contributed by atoms with Gasteiger partial charge in [-0.25, -0.2) is 0 Å². The van der Waals surface area contributed by atoms with Crippen molar-refractivity contribution in [1.29, 1.82) is 0 Å². The van der Waals surface area contributed by atoms with E-state index in [0.717, 1.165) is 0 Å². The third-order valence-corrected chi connectivity index (χ3v) is 1.74. The molecule has 0 unspecified atom stereocenters. The largest absolute Gasteiger partial charge is 0.508 e. The summed E-state index contributed by atoms with van der Waals surface area (Å²) in [6.07, 6.45) is -0.292. The molecule has 0 saturated carbocycles. The van der Waals surface area contributed by atoms with Crippen molar-refractivity contribution in [3.05, 3.63) is 23.3 Å². The van der Waals surface area contributed by atoms with Crippen LogP contribution < -0.4 is 0 Å². The number of carboxylic acids is 1. The minimum atomic E-state index is -1.04. The van der Waals surface area contributed by atoms with Gasteiger partial charge < -0.3 is 15.3 Å². The quantitative estimate of drug-likeness (QED) is 0.597. The summed E-state index contributed by atoms with van der Waals surface area (Å²) < 4.78 is 0. The van der Waals surface area contributed by atoms with Crippen molar-refractivity contribution in [1.82, 2.24) is 0 Å². The second kappa shape index (κ2) is 3.35. The Morgan fingerprint density at radius 1 is 1.31 bits per heavy atom. The Morgan fingerprint density at radius 3 is 2.46 bits per heavy atom. The molecule has 70 valence electrons. The Labute approximate surface area is 75.1 Å². The lowest BCUT2D eigenvalue weighted by Gasteiger charge is -2.04. The molecule has 0 amide bonds. The SMILES string of the molecule is Cc1cc(O)c(CC(=O)O)cc1O. The van der Waals surface area contributed by atoms with Gasteiger partial charge in [0, 0.05) is 5.56 Å². The summed E-state index contributed by atoms with van der Waals surface area (Å²) in [5.74, 6) is -1.15. The van der Waals surface area contributed by atoms with Gasteiger partial charge in [-0.05, 0) is 24.6 Å². The normalized spacial score (nSPS) is 9.92. The molecule has 0 atom stereocenters. The number of carbonyl (C=O) groups is 1. The maximum absolute atomic E-state index is 10.3. The molecule has 1 aromatic carbocycles. The van der Waals surface area contributed by atoms with Gasteiger partial charge in [0.25, 0.3) is 0 Å². The highest BCUT2D eigenvalue weighted by molar-refractivity contribution is 5.71. The monoisotopic (exact) mass is 182 g/mol. The molecule has 0 fully saturated rings. The van der Waals surface area contributed by atoms with Gasteiger partial charge in [0.2, 0.25) is 0 Å². The lowest BCUT2D eigenvalue weighted by Crippen LogP contribution is -2.00. The Bertz CT molecular complexity index is 344. The highest BCUT2D eigenvalue weighted by atomic mass is 16.4. The highest BCUT2D eigenvalue weighted by Crippen LogP contribution is 2.26. The molecule has 0 aromatic heterocycles. The van der Waals surface area contributed by atoms with Crippen LogP contribution in [0.15, 0.2) is 12.1 Å². The lowest BCUT2D eigenvalue weighted by molar-refractivity contribution is -0.136. The van der Waals surface area contributed by atoms with Crippen LogP contribution in [-0.2, 0) is 11.2 Å². The van der Waals surface area contributed by atoms with Crippen LogP contribution in [0, 0.1) is 6.92 Å². The van der Waals surface area contributed by atoms with E-state index in [1.54, 1.807) is 6.92 Å². The van der Waals surface area contributed by atoms with E-state index in [1.165, 1.54) is 12.1 Å². The maximum atomic E-state index is 10.3. The summed E-state index contributed by atoms with van der Waals surface area (Å²) >= 11 is 0. The predicted molar refractivity (Wildman–Crippen MR) is 45.8 cm³/mol. The van der Waals surface area contributed by atoms with E-state index >= 15 is 0 Å². The third kappa shape index (κ3) is 2.11. The molecule has 3 N–H and O–H groups in total. The van der Waals surface area contributed by atoms with Crippen LogP contribution in [0.1, 0.15) is 11.1 Å². The number of hydrogen-bond acceptors (Lipinski definition) is 3. The van der Waals surface area contributed by atoms with Gasteiger partial charge in [-0.2, -0.15) is 0 Å². The fourth-order valence-electron chi connectivity index (χ4n) is 1.03. The van der Waals surface area contributed by atoms with Crippen molar-refractivity contribution >= 4 is 5.97 Å². The van der Waals surface area contributed by atoms with Crippen LogP contribution in [0.5, 0.6) is 11.5 Å². The second-order valence-electron chi connectivity index (χ2n) is 2.84. The van der Waals surface area contributed by atoms with Gasteiger partial charge >= 0.3 is 5.97 Å². The molecule has 1 rings (SSSR count). The fourth-order valence-corrected chi connectivity index (χ4v) is 1.03. The first-order chi connectivity index (χ1) is 6.00. The van der Waals surface area contributed by atoms with Crippen LogP contribution >= 0.6 is 0 Å². The summed E-state index contributed by atoms with van der Waals surface area (Å²) in [6.45, 7) is 1.62. The van der Waals surface area contributed by atoms with Gasteiger partial charge in [0.1, 0.15) is 11.5 Å². The standard InChI is InChI=1S/C9H10O4/c1-5-2-8(11)6(3-7(5)10)4-9(12)13/h2-3,10-11H,4H2,1H3,(H,12,13). The molecule has 0 saturated heterocycles. The number of phenols is 2. The number of phenolic OH excluding ortho intramolecular Hbond substituents is 2. The van der Waals surface area contributed by atoms with Crippen molar-refractivity contribution in [2.45, 2.75) is 13.3 Å². The first kappa shape index (κ1) is 9.38. The summed E-state index contributed by atoms with van der Waals surface area (Å²) in [5, 5.41) is 27.0. The highest BCUT2D eigenvalue weighted by Gasteiger charge is 2.08. The van der Waals surface area contributed by atoms with E-state index in [-0.39, 0.29) is 23.5 Å². The van der Waals surface area contributed by atoms with Gasteiger partial charge in [0.05, 0.1) is 6.42 Å². The zero-order chi connectivity index (χ0) is 10.0.